The van der Waals surface area contributed by atoms with Gasteiger partial charge in [-0.15, -0.1) is 0 Å². The van der Waals surface area contributed by atoms with Crippen molar-refractivity contribution >= 4 is 18.0 Å². The molecule has 0 radical (unpaired) electrons. The first-order valence-electron chi connectivity index (χ1n) is 8.29. The molecule has 1 heterocycles. The number of benzene rings is 1. The Labute approximate surface area is 152 Å². The Morgan fingerprint density at radius 1 is 1.08 bits per heavy atom. The van der Waals surface area contributed by atoms with Gasteiger partial charge in [-0.05, 0) is 24.6 Å². The van der Waals surface area contributed by atoms with Gasteiger partial charge in [-0.3, -0.25) is 14.5 Å². The predicted octanol–water partition coefficient (Wildman–Crippen LogP) is 2.07. The summed E-state index contributed by atoms with van der Waals surface area (Å²) in [5.74, 6) is -0.405. The second-order valence-electron chi connectivity index (χ2n) is 5.79. The fourth-order valence-corrected chi connectivity index (χ4v) is 3.01. The molecule has 1 aliphatic rings. The number of esters is 2. The summed E-state index contributed by atoms with van der Waals surface area (Å²) in [6, 6.07) is 6.36. The topological polar surface area (TPSA) is 91.4 Å². The molecule has 1 aromatic carbocycles. The van der Waals surface area contributed by atoms with E-state index in [1.54, 1.807) is 38.3 Å². The van der Waals surface area contributed by atoms with Crippen LogP contribution in [0.5, 0.6) is 5.75 Å². The van der Waals surface area contributed by atoms with Crippen LogP contribution in [0.4, 0.5) is 4.79 Å². The number of likely N-dealkylation sites (tertiary alicyclic amines) is 1. The molecule has 1 aliphatic heterocycles. The van der Waals surface area contributed by atoms with Crippen LogP contribution in [0.2, 0.25) is 0 Å². The third kappa shape index (κ3) is 4.44. The molecule has 1 aromatic rings. The minimum Gasteiger partial charge on any atom is -0.497 e. The van der Waals surface area contributed by atoms with Gasteiger partial charge in [0.15, 0.2) is 12.2 Å². The molecule has 0 saturated carbocycles. The summed E-state index contributed by atoms with van der Waals surface area (Å²) < 4.78 is 21.0. The molecule has 142 valence electrons. The van der Waals surface area contributed by atoms with E-state index < -0.39 is 36.3 Å². The Morgan fingerprint density at radius 2 is 1.69 bits per heavy atom. The van der Waals surface area contributed by atoms with Crippen LogP contribution in [-0.4, -0.2) is 55.4 Å². The molecule has 0 bridgehead atoms. The van der Waals surface area contributed by atoms with Crippen LogP contribution >= 0.6 is 0 Å². The van der Waals surface area contributed by atoms with Crippen molar-refractivity contribution in [3.8, 4) is 5.75 Å². The number of hydrogen-bond donors (Lipinski definition) is 0. The summed E-state index contributed by atoms with van der Waals surface area (Å²) in [5.41, 5.74) is 0.708. The van der Waals surface area contributed by atoms with Crippen LogP contribution < -0.4 is 4.74 Å². The Hall–Kier alpha value is -2.77. The highest BCUT2D eigenvalue weighted by molar-refractivity contribution is 5.71. The average Bonchev–Trinajstić information content (AvgIpc) is 2.92. The van der Waals surface area contributed by atoms with Gasteiger partial charge < -0.3 is 18.9 Å². The van der Waals surface area contributed by atoms with Gasteiger partial charge in [0.25, 0.3) is 0 Å². The first-order valence-corrected chi connectivity index (χ1v) is 8.29. The summed E-state index contributed by atoms with van der Waals surface area (Å²) in [6.07, 6.45) is -2.19. The Balaban J connectivity index is 2.42. The van der Waals surface area contributed by atoms with Gasteiger partial charge in [0.05, 0.1) is 20.3 Å². The lowest BCUT2D eigenvalue weighted by molar-refractivity contribution is -0.162. The molecule has 1 saturated heterocycles. The van der Waals surface area contributed by atoms with Crippen molar-refractivity contribution in [2.75, 3.05) is 20.3 Å². The maximum absolute atomic E-state index is 12.4. The first-order chi connectivity index (χ1) is 12.4. The van der Waals surface area contributed by atoms with Crippen molar-refractivity contribution in [3.05, 3.63) is 29.8 Å². The van der Waals surface area contributed by atoms with E-state index in [1.165, 1.54) is 18.7 Å². The number of ether oxygens (including phenoxy) is 4. The van der Waals surface area contributed by atoms with Gasteiger partial charge in [-0.1, -0.05) is 12.1 Å². The molecule has 26 heavy (non-hydrogen) atoms. The standard InChI is InChI=1S/C18H23NO7/c1-5-24-18(22)19-10-15(25-11(2)20)17(26-12(3)21)16(19)13-6-8-14(23-4)9-7-13/h6-9,15-17H,5,10H2,1-4H3/t15-,16-,17+/m1/s1. The second-order valence-corrected chi connectivity index (χ2v) is 5.79. The molecule has 0 N–H and O–H groups in total. The fourth-order valence-electron chi connectivity index (χ4n) is 3.01. The molecular weight excluding hydrogens is 342 g/mol. The van der Waals surface area contributed by atoms with Crippen molar-refractivity contribution in [1.82, 2.24) is 4.90 Å². The number of hydrogen-bond acceptors (Lipinski definition) is 7. The SMILES string of the molecule is CCOC(=O)N1C[C@@H](OC(C)=O)[C@H](OC(C)=O)[C@H]1c1ccc(OC)cc1. The molecule has 0 spiro atoms. The maximum Gasteiger partial charge on any atom is 0.410 e. The normalized spacial score (nSPS) is 21.8. The van der Waals surface area contributed by atoms with E-state index in [4.69, 9.17) is 18.9 Å². The van der Waals surface area contributed by atoms with Crippen molar-refractivity contribution < 1.29 is 33.3 Å². The molecule has 0 aliphatic carbocycles. The zero-order chi connectivity index (χ0) is 19.3. The van der Waals surface area contributed by atoms with E-state index >= 15 is 0 Å². The molecule has 8 nitrogen and oxygen atoms in total. The number of amides is 1. The predicted molar refractivity (Wildman–Crippen MR) is 90.6 cm³/mol. The average molecular weight is 365 g/mol. The third-order valence-electron chi connectivity index (χ3n) is 3.97. The highest BCUT2D eigenvalue weighted by Crippen LogP contribution is 2.37. The Bertz CT molecular complexity index is 658. The zero-order valence-electron chi connectivity index (χ0n) is 15.3. The summed E-state index contributed by atoms with van der Waals surface area (Å²) in [7, 11) is 1.55. The molecule has 1 amide bonds. The molecule has 0 unspecified atom stereocenters. The molecular formula is C18H23NO7. The largest absolute Gasteiger partial charge is 0.497 e. The lowest BCUT2D eigenvalue weighted by Gasteiger charge is -2.27. The Kier molecular flexibility index (Phi) is 6.43. The highest BCUT2D eigenvalue weighted by Gasteiger charge is 2.49. The van der Waals surface area contributed by atoms with E-state index in [-0.39, 0.29) is 13.2 Å². The molecule has 8 heteroatoms. The van der Waals surface area contributed by atoms with Crippen LogP contribution in [0.15, 0.2) is 24.3 Å². The Morgan fingerprint density at radius 3 is 2.19 bits per heavy atom. The fraction of sp³-hybridized carbons (Fsp3) is 0.500. The lowest BCUT2D eigenvalue weighted by Crippen LogP contribution is -2.35. The quantitative estimate of drug-likeness (QED) is 0.583. The monoisotopic (exact) mass is 365 g/mol. The van der Waals surface area contributed by atoms with E-state index in [0.29, 0.717) is 11.3 Å². The van der Waals surface area contributed by atoms with Crippen LogP contribution in [0.1, 0.15) is 32.4 Å². The zero-order valence-corrected chi connectivity index (χ0v) is 15.3. The molecule has 1 fully saturated rings. The maximum atomic E-state index is 12.4. The minimum absolute atomic E-state index is 0.0626. The molecule has 2 rings (SSSR count). The van der Waals surface area contributed by atoms with Crippen LogP contribution in [-0.2, 0) is 23.8 Å². The van der Waals surface area contributed by atoms with E-state index in [0.717, 1.165) is 0 Å². The number of nitrogens with zero attached hydrogens (tertiary/aromatic N) is 1. The molecule has 0 aromatic heterocycles. The van der Waals surface area contributed by atoms with Gasteiger partial charge in [-0.2, -0.15) is 0 Å². The van der Waals surface area contributed by atoms with E-state index in [9.17, 15) is 14.4 Å². The first kappa shape index (κ1) is 19.6. The van der Waals surface area contributed by atoms with Gasteiger partial charge in [0.1, 0.15) is 11.8 Å². The van der Waals surface area contributed by atoms with Crippen molar-refractivity contribution in [3.63, 3.8) is 0 Å². The summed E-state index contributed by atoms with van der Waals surface area (Å²) in [6.45, 7) is 4.49. The van der Waals surface area contributed by atoms with E-state index in [1.807, 2.05) is 0 Å². The van der Waals surface area contributed by atoms with Gasteiger partial charge >= 0.3 is 18.0 Å². The van der Waals surface area contributed by atoms with Crippen molar-refractivity contribution in [2.45, 2.75) is 39.0 Å². The highest BCUT2D eigenvalue weighted by atomic mass is 16.6. The smallest absolute Gasteiger partial charge is 0.410 e. The number of rotatable bonds is 5. The lowest BCUT2D eigenvalue weighted by atomic mass is 10.0. The number of carbonyl (C=O) groups is 3. The van der Waals surface area contributed by atoms with Crippen molar-refractivity contribution in [1.29, 1.82) is 0 Å². The summed E-state index contributed by atoms with van der Waals surface area (Å²) in [5, 5.41) is 0. The van der Waals surface area contributed by atoms with Crippen LogP contribution in [0, 0.1) is 0 Å². The summed E-state index contributed by atoms with van der Waals surface area (Å²) in [4.78, 5) is 36.9. The van der Waals surface area contributed by atoms with Crippen LogP contribution in [0.3, 0.4) is 0 Å². The second kappa shape index (κ2) is 8.55. The van der Waals surface area contributed by atoms with Crippen molar-refractivity contribution in [2.24, 2.45) is 0 Å². The third-order valence-corrected chi connectivity index (χ3v) is 3.97. The van der Waals surface area contributed by atoms with Crippen LogP contribution in [0.25, 0.3) is 0 Å². The van der Waals surface area contributed by atoms with Gasteiger partial charge in [-0.25, -0.2) is 4.79 Å². The van der Waals surface area contributed by atoms with E-state index in [2.05, 4.69) is 0 Å². The van der Waals surface area contributed by atoms with Gasteiger partial charge in [0.2, 0.25) is 0 Å². The molecule has 3 atom stereocenters. The number of carbonyl (C=O) groups excluding carboxylic acids is 3. The minimum atomic E-state index is -0.839. The summed E-state index contributed by atoms with van der Waals surface area (Å²) >= 11 is 0. The van der Waals surface area contributed by atoms with Gasteiger partial charge in [0, 0.05) is 13.8 Å². The number of methoxy groups -OCH3 is 1.